The molecule has 0 bridgehead atoms. The molecule has 23 heavy (non-hydrogen) atoms. The van der Waals surface area contributed by atoms with Gasteiger partial charge in [0.15, 0.2) is 0 Å². The first kappa shape index (κ1) is 16.1. The third kappa shape index (κ3) is 3.42. The van der Waals surface area contributed by atoms with Gasteiger partial charge in [0.1, 0.15) is 0 Å². The Balaban J connectivity index is 1.61. The van der Waals surface area contributed by atoms with Gasteiger partial charge in [0, 0.05) is 37.5 Å². The zero-order valence-corrected chi connectivity index (χ0v) is 14.5. The summed E-state index contributed by atoms with van der Waals surface area (Å²) >= 11 is 0. The van der Waals surface area contributed by atoms with Gasteiger partial charge < -0.3 is 5.32 Å². The minimum absolute atomic E-state index is 0.281. The van der Waals surface area contributed by atoms with E-state index in [0.717, 1.165) is 12.1 Å². The van der Waals surface area contributed by atoms with Crippen molar-refractivity contribution < 1.29 is 0 Å². The fraction of sp³-hybridized carbons (Fsp3) is 0.526. The molecule has 124 valence electrons. The van der Waals surface area contributed by atoms with Gasteiger partial charge in [0.25, 0.3) is 0 Å². The largest absolute Gasteiger partial charge is 0.381 e. The van der Waals surface area contributed by atoms with Crippen LogP contribution in [0.25, 0.3) is 0 Å². The molecule has 2 aliphatic rings. The number of hydrogen-bond acceptors (Lipinski definition) is 4. The summed E-state index contributed by atoms with van der Waals surface area (Å²) in [5.74, 6) is 0. The Hall–Kier alpha value is -1.81. The highest BCUT2D eigenvalue weighted by molar-refractivity contribution is 5.60. The predicted molar refractivity (Wildman–Crippen MR) is 96.4 cm³/mol. The average molecular weight is 312 g/mol. The van der Waals surface area contributed by atoms with Gasteiger partial charge in [0.2, 0.25) is 0 Å². The molecule has 1 fully saturated rings. The maximum atomic E-state index is 4.32. The molecule has 1 N–H and O–H groups in total. The van der Waals surface area contributed by atoms with Crippen molar-refractivity contribution in [1.82, 2.24) is 15.2 Å². The van der Waals surface area contributed by atoms with Gasteiger partial charge in [-0.2, -0.15) is 5.10 Å². The van der Waals surface area contributed by atoms with Crippen LogP contribution in [-0.2, 0) is 0 Å². The molecule has 1 saturated heterocycles. The quantitative estimate of drug-likeness (QED) is 0.905. The first-order valence-electron chi connectivity index (χ1n) is 8.57. The molecule has 1 aromatic rings. The topological polar surface area (TPSA) is 30.9 Å². The first-order valence-corrected chi connectivity index (χ1v) is 8.57. The van der Waals surface area contributed by atoms with Gasteiger partial charge in [0.05, 0.1) is 6.04 Å². The van der Waals surface area contributed by atoms with Crippen molar-refractivity contribution >= 4 is 6.21 Å². The summed E-state index contributed by atoms with van der Waals surface area (Å²) in [6.45, 7) is 7.65. The fourth-order valence-electron chi connectivity index (χ4n) is 3.68. The number of nitrogens with zero attached hydrogens (tertiary/aromatic N) is 3. The van der Waals surface area contributed by atoms with Gasteiger partial charge >= 0.3 is 0 Å². The van der Waals surface area contributed by atoms with Gasteiger partial charge in [-0.3, -0.25) is 9.91 Å². The van der Waals surface area contributed by atoms with Crippen LogP contribution in [0.5, 0.6) is 0 Å². The second-order valence-electron chi connectivity index (χ2n) is 6.82. The number of nitrogens with one attached hydrogen (secondary N) is 1. The molecule has 0 aliphatic carbocycles. The van der Waals surface area contributed by atoms with E-state index in [-0.39, 0.29) is 6.04 Å². The van der Waals surface area contributed by atoms with Crippen LogP contribution in [0, 0.1) is 0 Å². The molecule has 0 amide bonds. The van der Waals surface area contributed by atoms with E-state index in [9.17, 15) is 0 Å². The number of benzene rings is 1. The van der Waals surface area contributed by atoms with E-state index in [1.54, 1.807) is 0 Å². The molecular weight excluding hydrogens is 284 g/mol. The van der Waals surface area contributed by atoms with E-state index in [2.05, 4.69) is 60.1 Å². The van der Waals surface area contributed by atoms with Crippen LogP contribution in [0.4, 0.5) is 0 Å². The number of likely N-dealkylation sites (tertiary alicyclic amines) is 1. The first-order chi connectivity index (χ1) is 11.1. The Morgan fingerprint density at radius 2 is 2.04 bits per heavy atom. The molecule has 3 rings (SSSR count). The molecule has 3 atom stereocenters. The second-order valence-corrected chi connectivity index (χ2v) is 6.82. The third-order valence-electron chi connectivity index (χ3n) is 5.19. The lowest BCUT2D eigenvalue weighted by Gasteiger charge is -2.26. The van der Waals surface area contributed by atoms with Gasteiger partial charge in [-0.25, -0.2) is 0 Å². The highest BCUT2D eigenvalue weighted by atomic mass is 15.5. The zero-order chi connectivity index (χ0) is 16.4. The lowest BCUT2D eigenvalue weighted by Crippen LogP contribution is -2.33. The Morgan fingerprint density at radius 1 is 1.30 bits per heavy atom. The summed E-state index contributed by atoms with van der Waals surface area (Å²) in [7, 11) is 4.22. The summed E-state index contributed by atoms with van der Waals surface area (Å²) in [6.07, 6.45) is 5.46. The van der Waals surface area contributed by atoms with E-state index >= 15 is 0 Å². The van der Waals surface area contributed by atoms with E-state index in [4.69, 9.17) is 0 Å². The van der Waals surface area contributed by atoms with Crippen LogP contribution < -0.4 is 5.32 Å². The molecule has 0 aromatic heterocycles. The summed E-state index contributed by atoms with van der Waals surface area (Å²) in [4.78, 5) is 2.39. The van der Waals surface area contributed by atoms with Crippen LogP contribution in [0.15, 0.2) is 41.6 Å². The molecule has 0 saturated carbocycles. The van der Waals surface area contributed by atoms with Crippen LogP contribution in [-0.4, -0.2) is 42.8 Å². The average Bonchev–Trinajstić information content (AvgIpc) is 3.15. The monoisotopic (exact) mass is 312 g/mol. The minimum atomic E-state index is 0.281. The molecule has 2 heterocycles. The van der Waals surface area contributed by atoms with E-state index in [1.807, 2.05) is 18.3 Å². The second kappa shape index (κ2) is 6.75. The number of rotatable bonds is 5. The summed E-state index contributed by atoms with van der Waals surface area (Å²) in [6, 6.07) is 10.1. The van der Waals surface area contributed by atoms with Crippen LogP contribution in [0.3, 0.4) is 0 Å². The Kier molecular flexibility index (Phi) is 4.71. The van der Waals surface area contributed by atoms with Gasteiger partial charge in [-0.1, -0.05) is 30.8 Å². The maximum absolute atomic E-state index is 4.32. The summed E-state index contributed by atoms with van der Waals surface area (Å²) in [5.41, 5.74) is 3.78. The lowest BCUT2D eigenvalue weighted by atomic mass is 10.00. The van der Waals surface area contributed by atoms with E-state index < -0.39 is 0 Å². The van der Waals surface area contributed by atoms with Crippen molar-refractivity contribution in [2.75, 3.05) is 20.6 Å². The zero-order valence-electron chi connectivity index (χ0n) is 14.5. The molecule has 4 nitrogen and oxygen atoms in total. The number of hydrazone groups is 1. The predicted octanol–water partition coefficient (Wildman–Crippen LogP) is 3.31. The van der Waals surface area contributed by atoms with Gasteiger partial charge in [-0.05, 0) is 44.5 Å². The molecule has 3 unspecified atom stereocenters. The number of hydrogen-bond donors (Lipinski definition) is 1. The lowest BCUT2D eigenvalue weighted by molar-refractivity contribution is 0.290. The fourth-order valence-corrected chi connectivity index (χ4v) is 3.68. The normalized spacial score (nSPS) is 25.8. The molecule has 4 heteroatoms. The SMILES string of the molecule is C=C(NC(C)c1ccc(C2CC=NN2C)cc1)C1CCCN1C. The minimum Gasteiger partial charge on any atom is -0.381 e. The maximum Gasteiger partial charge on any atom is 0.0766 e. The van der Waals surface area contributed by atoms with E-state index in [1.165, 1.54) is 30.5 Å². The highest BCUT2D eigenvalue weighted by Crippen LogP contribution is 2.28. The van der Waals surface area contributed by atoms with Crippen LogP contribution in [0.2, 0.25) is 0 Å². The van der Waals surface area contributed by atoms with Gasteiger partial charge in [-0.15, -0.1) is 0 Å². The number of likely N-dealkylation sites (N-methyl/N-ethyl adjacent to an activating group) is 1. The molecule has 1 aromatic carbocycles. The Labute approximate surface area is 139 Å². The van der Waals surface area contributed by atoms with Crippen LogP contribution >= 0.6 is 0 Å². The molecule has 0 spiro atoms. The van der Waals surface area contributed by atoms with Crippen molar-refractivity contribution in [1.29, 1.82) is 0 Å². The van der Waals surface area contributed by atoms with Crippen molar-refractivity contribution in [3.05, 3.63) is 47.7 Å². The van der Waals surface area contributed by atoms with E-state index in [0.29, 0.717) is 12.1 Å². The van der Waals surface area contributed by atoms with Crippen LogP contribution in [0.1, 0.15) is 49.4 Å². The summed E-state index contributed by atoms with van der Waals surface area (Å²) in [5, 5.41) is 9.95. The third-order valence-corrected chi connectivity index (χ3v) is 5.19. The van der Waals surface area contributed by atoms with Crippen molar-refractivity contribution in [3.63, 3.8) is 0 Å². The Morgan fingerprint density at radius 3 is 2.61 bits per heavy atom. The van der Waals surface area contributed by atoms with Crippen molar-refractivity contribution in [2.45, 2.75) is 44.3 Å². The molecule has 0 radical (unpaired) electrons. The smallest absolute Gasteiger partial charge is 0.0766 e. The molecular formula is C19H28N4. The summed E-state index contributed by atoms with van der Waals surface area (Å²) < 4.78 is 0. The standard InChI is InChI=1S/C19H28N4/c1-14(21-15(2)18-6-5-13-22(18)3)16-7-9-17(10-8-16)19-11-12-20-23(19)4/h7-10,12,14,18-19,21H,2,5-6,11,13H2,1,3-4H3. The highest BCUT2D eigenvalue weighted by Gasteiger charge is 2.24. The van der Waals surface area contributed by atoms with Crippen molar-refractivity contribution in [2.24, 2.45) is 5.10 Å². The Bertz CT molecular complexity index is 578. The molecule has 2 aliphatic heterocycles. The van der Waals surface area contributed by atoms with Crippen molar-refractivity contribution in [3.8, 4) is 0 Å².